The van der Waals surface area contributed by atoms with Gasteiger partial charge in [0, 0.05) is 37.0 Å². The van der Waals surface area contributed by atoms with Crippen LogP contribution in [-0.4, -0.2) is 62.4 Å². The summed E-state index contributed by atoms with van der Waals surface area (Å²) in [6.07, 6.45) is 2.48. The predicted molar refractivity (Wildman–Crippen MR) is 118 cm³/mol. The van der Waals surface area contributed by atoms with Gasteiger partial charge in [0.2, 0.25) is 10.0 Å². The lowest BCUT2D eigenvalue weighted by atomic mass is 10.2. The van der Waals surface area contributed by atoms with Gasteiger partial charge in [-0.2, -0.15) is 4.31 Å². The predicted octanol–water partition coefficient (Wildman–Crippen LogP) is 1.81. The van der Waals surface area contributed by atoms with E-state index in [1.54, 1.807) is 0 Å². The molecule has 0 aromatic heterocycles. The molecule has 11 nitrogen and oxygen atoms in total. The molecular formula is C21H21N3O8S. The van der Waals surface area contributed by atoms with Crippen molar-refractivity contribution in [1.82, 2.24) is 4.31 Å². The molecule has 0 radical (unpaired) electrons. The second kappa shape index (κ2) is 10.8. The molecule has 1 amide bonds. The van der Waals surface area contributed by atoms with Crippen molar-refractivity contribution in [3.63, 3.8) is 0 Å². The number of nitro groups is 1. The normalized spacial score (nSPS) is 14.7. The van der Waals surface area contributed by atoms with Gasteiger partial charge in [0.25, 0.3) is 11.6 Å². The molecule has 12 heteroatoms. The highest BCUT2D eigenvalue weighted by Crippen LogP contribution is 2.20. The number of rotatable bonds is 8. The van der Waals surface area contributed by atoms with Crippen LogP contribution in [-0.2, 0) is 29.1 Å². The summed E-state index contributed by atoms with van der Waals surface area (Å²) in [7, 11) is -3.72. The van der Waals surface area contributed by atoms with Crippen LogP contribution >= 0.6 is 0 Å². The van der Waals surface area contributed by atoms with Gasteiger partial charge in [-0.3, -0.25) is 14.9 Å². The minimum Gasteiger partial charge on any atom is -0.452 e. The molecule has 174 valence electrons. The van der Waals surface area contributed by atoms with Gasteiger partial charge < -0.3 is 14.8 Å². The van der Waals surface area contributed by atoms with E-state index < -0.39 is 33.4 Å². The number of non-ortho nitro benzene ring substituents is 1. The zero-order chi connectivity index (χ0) is 23.8. The summed E-state index contributed by atoms with van der Waals surface area (Å²) < 4.78 is 36.8. The van der Waals surface area contributed by atoms with Gasteiger partial charge in [0.15, 0.2) is 6.61 Å². The smallest absolute Gasteiger partial charge is 0.331 e. The Labute approximate surface area is 189 Å². The molecule has 1 fully saturated rings. The number of carbonyl (C=O) groups excluding carboxylic acids is 2. The van der Waals surface area contributed by atoms with E-state index in [2.05, 4.69) is 5.32 Å². The number of hydrogen-bond acceptors (Lipinski definition) is 8. The Hall–Kier alpha value is -3.61. The average molecular weight is 475 g/mol. The van der Waals surface area contributed by atoms with Crippen molar-refractivity contribution in [2.24, 2.45) is 0 Å². The van der Waals surface area contributed by atoms with Gasteiger partial charge in [-0.1, -0.05) is 6.07 Å². The molecule has 33 heavy (non-hydrogen) atoms. The number of esters is 1. The lowest BCUT2D eigenvalue weighted by Crippen LogP contribution is -2.40. The molecule has 0 unspecified atom stereocenters. The second-order valence-corrected chi connectivity index (χ2v) is 8.82. The minimum atomic E-state index is -3.72. The third-order valence-electron chi connectivity index (χ3n) is 4.59. The van der Waals surface area contributed by atoms with Gasteiger partial charge in [-0.15, -0.1) is 0 Å². The fraction of sp³-hybridized carbons (Fsp3) is 0.238. The molecule has 1 heterocycles. The molecule has 1 aliphatic rings. The lowest BCUT2D eigenvalue weighted by molar-refractivity contribution is -0.384. The van der Waals surface area contributed by atoms with Crippen molar-refractivity contribution in [2.45, 2.75) is 4.90 Å². The number of nitrogens with one attached hydrogen (secondary N) is 1. The number of carbonyl (C=O) groups is 2. The van der Waals surface area contributed by atoms with E-state index in [9.17, 15) is 28.1 Å². The van der Waals surface area contributed by atoms with Crippen LogP contribution < -0.4 is 5.32 Å². The number of benzene rings is 2. The Bertz CT molecular complexity index is 1160. The van der Waals surface area contributed by atoms with Crippen molar-refractivity contribution in [1.29, 1.82) is 0 Å². The van der Waals surface area contributed by atoms with Crippen molar-refractivity contribution in [3.05, 3.63) is 70.3 Å². The maximum absolute atomic E-state index is 12.7. The summed E-state index contributed by atoms with van der Waals surface area (Å²) in [6, 6.07) is 11.3. The molecule has 2 aromatic rings. The first kappa shape index (κ1) is 24.0. The lowest BCUT2D eigenvalue weighted by Gasteiger charge is -2.26. The molecule has 0 aliphatic carbocycles. The topological polar surface area (TPSA) is 145 Å². The van der Waals surface area contributed by atoms with Crippen LogP contribution in [0.4, 0.5) is 11.4 Å². The van der Waals surface area contributed by atoms with Gasteiger partial charge in [0.1, 0.15) is 0 Å². The largest absolute Gasteiger partial charge is 0.452 e. The van der Waals surface area contributed by atoms with E-state index in [0.29, 0.717) is 18.8 Å². The fourth-order valence-corrected chi connectivity index (χ4v) is 4.38. The SMILES string of the molecule is O=C(COC(=O)/C=C/c1ccc([N+](=O)[O-])cc1)Nc1cccc(S(=O)(=O)N2CCOCC2)c1. The number of nitro benzene ring substituents is 1. The quantitative estimate of drug-likeness (QED) is 0.263. The van der Waals surface area contributed by atoms with E-state index in [-0.39, 0.29) is 29.4 Å². The third kappa shape index (κ3) is 6.68. The van der Waals surface area contributed by atoms with Gasteiger partial charge >= 0.3 is 5.97 Å². The molecule has 3 rings (SSSR count). The first-order valence-corrected chi connectivity index (χ1v) is 11.3. The summed E-state index contributed by atoms with van der Waals surface area (Å²) >= 11 is 0. The summed E-state index contributed by atoms with van der Waals surface area (Å²) in [5.41, 5.74) is 0.709. The summed E-state index contributed by atoms with van der Waals surface area (Å²) in [5.74, 6) is -1.43. The number of nitrogens with zero attached hydrogens (tertiary/aromatic N) is 2. The van der Waals surface area contributed by atoms with Crippen LogP contribution in [0.5, 0.6) is 0 Å². The fourth-order valence-electron chi connectivity index (χ4n) is 2.92. The van der Waals surface area contributed by atoms with Crippen LogP contribution in [0.2, 0.25) is 0 Å². The van der Waals surface area contributed by atoms with Crippen LogP contribution in [0.25, 0.3) is 6.08 Å². The zero-order valence-corrected chi connectivity index (χ0v) is 18.2. The van der Waals surface area contributed by atoms with Gasteiger partial charge in [-0.25, -0.2) is 13.2 Å². The Kier molecular flexibility index (Phi) is 7.87. The summed E-state index contributed by atoms with van der Waals surface area (Å²) in [6.45, 7) is 0.563. The number of hydrogen-bond donors (Lipinski definition) is 1. The molecular weight excluding hydrogens is 454 g/mol. The first-order chi connectivity index (χ1) is 15.8. The minimum absolute atomic E-state index is 0.0326. The highest BCUT2D eigenvalue weighted by molar-refractivity contribution is 7.89. The third-order valence-corrected chi connectivity index (χ3v) is 6.48. The molecule has 0 saturated carbocycles. The maximum Gasteiger partial charge on any atom is 0.331 e. The Morgan fingerprint density at radius 1 is 1.15 bits per heavy atom. The number of anilines is 1. The van der Waals surface area contributed by atoms with Crippen LogP contribution in [0.1, 0.15) is 5.56 Å². The van der Waals surface area contributed by atoms with Gasteiger partial charge in [-0.05, 0) is 42.0 Å². The monoisotopic (exact) mass is 475 g/mol. The van der Waals surface area contributed by atoms with Crippen molar-refractivity contribution >= 4 is 39.4 Å². The number of sulfonamides is 1. The van der Waals surface area contributed by atoms with Crippen LogP contribution in [0.3, 0.4) is 0 Å². The maximum atomic E-state index is 12.7. The highest BCUT2D eigenvalue weighted by Gasteiger charge is 2.26. The molecule has 1 aliphatic heterocycles. The van der Waals surface area contributed by atoms with Crippen molar-refractivity contribution in [3.8, 4) is 0 Å². The number of morpholine rings is 1. The second-order valence-electron chi connectivity index (χ2n) is 6.88. The van der Waals surface area contributed by atoms with Crippen molar-refractivity contribution in [2.75, 3.05) is 38.2 Å². The first-order valence-electron chi connectivity index (χ1n) is 9.83. The van der Waals surface area contributed by atoms with E-state index in [4.69, 9.17) is 9.47 Å². The molecule has 0 bridgehead atoms. The van der Waals surface area contributed by atoms with Gasteiger partial charge in [0.05, 0.1) is 23.0 Å². The Balaban J connectivity index is 1.52. The molecule has 0 atom stereocenters. The molecule has 2 aromatic carbocycles. The summed E-state index contributed by atoms with van der Waals surface area (Å²) in [4.78, 5) is 34.1. The molecule has 1 saturated heterocycles. The molecule has 1 N–H and O–H groups in total. The number of ether oxygens (including phenoxy) is 2. The zero-order valence-electron chi connectivity index (χ0n) is 17.4. The Morgan fingerprint density at radius 3 is 2.52 bits per heavy atom. The standard InChI is InChI=1S/C21H21N3O8S/c25-20(15-32-21(26)9-6-16-4-7-18(8-5-16)24(27)28)22-17-2-1-3-19(14-17)33(29,30)23-10-12-31-13-11-23/h1-9,14H,10-13,15H2,(H,22,25)/b9-6+. The average Bonchev–Trinajstić information content (AvgIpc) is 2.82. The van der Waals surface area contributed by atoms with E-state index in [0.717, 1.165) is 6.08 Å². The Morgan fingerprint density at radius 2 is 1.85 bits per heavy atom. The van der Waals surface area contributed by atoms with E-state index in [1.807, 2.05) is 0 Å². The highest BCUT2D eigenvalue weighted by atomic mass is 32.2. The summed E-state index contributed by atoms with van der Waals surface area (Å²) in [5, 5.41) is 13.1. The van der Waals surface area contributed by atoms with Crippen molar-refractivity contribution < 1.29 is 32.4 Å². The number of amides is 1. The molecule has 0 spiro atoms. The van der Waals surface area contributed by atoms with E-state index >= 15 is 0 Å². The van der Waals surface area contributed by atoms with Crippen LogP contribution in [0.15, 0.2) is 59.5 Å². The van der Waals surface area contributed by atoms with E-state index in [1.165, 1.54) is 58.9 Å². The van der Waals surface area contributed by atoms with Crippen LogP contribution in [0, 0.1) is 10.1 Å².